The van der Waals surface area contributed by atoms with Crippen LogP contribution in [0.15, 0.2) is 30.3 Å². The Morgan fingerprint density at radius 1 is 1.10 bits per heavy atom. The average molecular weight is 281 g/mol. The highest BCUT2D eigenvalue weighted by Gasteiger charge is 2.12. The Bertz CT molecular complexity index is 459. The molecule has 0 fully saturated rings. The molecule has 0 radical (unpaired) electrons. The van der Waals surface area contributed by atoms with E-state index in [1.807, 2.05) is 18.2 Å². The highest BCUT2D eigenvalue weighted by atomic mass is 16.7. The predicted molar refractivity (Wildman–Crippen MR) is 67.7 cm³/mol. The molecule has 1 amide bonds. The van der Waals surface area contributed by atoms with Gasteiger partial charge in [0.05, 0.1) is 6.61 Å². The summed E-state index contributed by atoms with van der Waals surface area (Å²) in [5.74, 6) is -0.930. The number of ether oxygens (including phenoxy) is 3. The fraction of sp³-hybridized carbons (Fsp3) is 0.308. The van der Waals surface area contributed by atoms with Crippen molar-refractivity contribution in [2.24, 2.45) is 0 Å². The SMILES string of the molecule is CCOC(=O)OC(=O)CNC(=O)OCc1ccccc1. The third kappa shape index (κ3) is 6.39. The highest BCUT2D eigenvalue weighted by Crippen LogP contribution is 2.00. The van der Waals surface area contributed by atoms with Crippen molar-refractivity contribution in [3.05, 3.63) is 35.9 Å². The summed E-state index contributed by atoms with van der Waals surface area (Å²) in [4.78, 5) is 33.2. The van der Waals surface area contributed by atoms with Gasteiger partial charge in [0.1, 0.15) is 13.2 Å². The monoisotopic (exact) mass is 281 g/mol. The lowest BCUT2D eigenvalue weighted by Gasteiger charge is -2.06. The van der Waals surface area contributed by atoms with Crippen molar-refractivity contribution in [1.29, 1.82) is 0 Å². The summed E-state index contributed by atoms with van der Waals surface area (Å²) in [6.45, 7) is 1.27. The second kappa shape index (κ2) is 8.52. The van der Waals surface area contributed by atoms with Crippen molar-refractivity contribution < 1.29 is 28.6 Å². The van der Waals surface area contributed by atoms with Gasteiger partial charge < -0.3 is 19.5 Å². The quantitative estimate of drug-likeness (QED) is 0.651. The van der Waals surface area contributed by atoms with E-state index in [-0.39, 0.29) is 13.2 Å². The van der Waals surface area contributed by atoms with E-state index in [1.165, 1.54) is 0 Å². The third-order valence-electron chi connectivity index (χ3n) is 2.05. The van der Waals surface area contributed by atoms with E-state index in [0.717, 1.165) is 5.56 Å². The molecule has 0 aliphatic heterocycles. The Balaban J connectivity index is 2.19. The Labute approximate surface area is 115 Å². The third-order valence-corrected chi connectivity index (χ3v) is 2.05. The van der Waals surface area contributed by atoms with E-state index in [1.54, 1.807) is 19.1 Å². The van der Waals surface area contributed by atoms with Crippen LogP contribution >= 0.6 is 0 Å². The molecule has 0 bridgehead atoms. The number of carbonyl (C=O) groups excluding carboxylic acids is 3. The number of nitrogens with one attached hydrogen (secondary N) is 1. The van der Waals surface area contributed by atoms with Crippen molar-refractivity contribution in [3.8, 4) is 0 Å². The van der Waals surface area contributed by atoms with E-state index in [0.29, 0.717) is 0 Å². The number of esters is 1. The summed E-state index contributed by atoms with van der Waals surface area (Å²) < 4.78 is 13.5. The smallest absolute Gasteiger partial charge is 0.445 e. The molecule has 0 spiro atoms. The Morgan fingerprint density at radius 3 is 2.45 bits per heavy atom. The van der Waals surface area contributed by atoms with Crippen LogP contribution < -0.4 is 5.32 Å². The zero-order valence-corrected chi connectivity index (χ0v) is 11.0. The minimum absolute atomic E-state index is 0.0829. The van der Waals surface area contributed by atoms with Crippen molar-refractivity contribution in [2.45, 2.75) is 13.5 Å². The second-order valence-electron chi connectivity index (χ2n) is 3.57. The lowest BCUT2D eigenvalue weighted by molar-refractivity contribution is -0.138. The van der Waals surface area contributed by atoms with E-state index < -0.39 is 24.8 Å². The van der Waals surface area contributed by atoms with E-state index in [2.05, 4.69) is 14.8 Å². The fourth-order valence-electron chi connectivity index (χ4n) is 1.19. The molecule has 1 aromatic rings. The number of benzene rings is 1. The molecule has 1 rings (SSSR count). The first kappa shape index (κ1) is 15.5. The maximum atomic E-state index is 11.3. The van der Waals surface area contributed by atoms with Gasteiger partial charge in [-0.1, -0.05) is 30.3 Å². The van der Waals surface area contributed by atoms with Crippen molar-refractivity contribution in [3.63, 3.8) is 0 Å². The van der Waals surface area contributed by atoms with Crippen LogP contribution in [-0.4, -0.2) is 31.4 Å². The molecular formula is C13H15NO6. The normalized spacial score (nSPS) is 9.45. The number of amides is 1. The molecule has 0 atom stereocenters. The molecule has 20 heavy (non-hydrogen) atoms. The topological polar surface area (TPSA) is 90.9 Å². The molecular weight excluding hydrogens is 266 g/mol. The maximum Gasteiger partial charge on any atom is 0.516 e. The van der Waals surface area contributed by atoms with Gasteiger partial charge in [0.25, 0.3) is 0 Å². The van der Waals surface area contributed by atoms with Gasteiger partial charge in [0, 0.05) is 0 Å². The first-order valence-electron chi connectivity index (χ1n) is 5.93. The largest absolute Gasteiger partial charge is 0.516 e. The number of alkyl carbamates (subject to hydrolysis) is 1. The van der Waals surface area contributed by atoms with Crippen LogP contribution in [0.3, 0.4) is 0 Å². The zero-order valence-electron chi connectivity index (χ0n) is 11.0. The minimum Gasteiger partial charge on any atom is -0.445 e. The van der Waals surface area contributed by atoms with Gasteiger partial charge in [0.15, 0.2) is 0 Å². The summed E-state index contributed by atoms with van der Waals surface area (Å²) in [5.41, 5.74) is 0.816. The standard InChI is InChI=1S/C13H15NO6/c1-2-18-13(17)20-11(15)8-14-12(16)19-9-10-6-4-3-5-7-10/h3-7H,2,8-9H2,1H3,(H,14,16). The summed E-state index contributed by atoms with van der Waals surface area (Å²) in [7, 11) is 0. The Hall–Kier alpha value is -2.57. The van der Waals surface area contributed by atoms with Crippen LogP contribution in [0.1, 0.15) is 12.5 Å². The first-order chi connectivity index (χ1) is 9.61. The van der Waals surface area contributed by atoms with Crippen LogP contribution in [0.4, 0.5) is 9.59 Å². The predicted octanol–water partition coefficient (Wildman–Crippen LogP) is 1.61. The van der Waals surface area contributed by atoms with E-state index in [4.69, 9.17) is 4.74 Å². The molecule has 7 heteroatoms. The molecule has 0 aromatic heterocycles. The van der Waals surface area contributed by atoms with Gasteiger partial charge in [-0.2, -0.15) is 0 Å². The molecule has 0 saturated carbocycles. The van der Waals surface area contributed by atoms with Crippen LogP contribution in [0.5, 0.6) is 0 Å². The van der Waals surface area contributed by atoms with Gasteiger partial charge in [-0.15, -0.1) is 0 Å². The number of rotatable bonds is 5. The van der Waals surface area contributed by atoms with Gasteiger partial charge >= 0.3 is 18.2 Å². The van der Waals surface area contributed by atoms with Gasteiger partial charge in [-0.05, 0) is 12.5 Å². The molecule has 1 N–H and O–H groups in total. The van der Waals surface area contributed by atoms with E-state index in [9.17, 15) is 14.4 Å². The number of hydrogen-bond donors (Lipinski definition) is 1. The molecule has 0 aliphatic rings. The summed E-state index contributed by atoms with van der Waals surface area (Å²) in [6, 6.07) is 9.06. The lowest BCUT2D eigenvalue weighted by atomic mass is 10.2. The summed E-state index contributed by atoms with van der Waals surface area (Å²) in [5, 5.41) is 2.16. The van der Waals surface area contributed by atoms with Crippen molar-refractivity contribution in [2.75, 3.05) is 13.2 Å². The molecule has 0 unspecified atom stereocenters. The summed E-state index contributed by atoms with van der Waals surface area (Å²) in [6.07, 6.45) is -1.88. The maximum absolute atomic E-state index is 11.3. The first-order valence-corrected chi connectivity index (χ1v) is 5.93. The van der Waals surface area contributed by atoms with Crippen LogP contribution in [0.25, 0.3) is 0 Å². The Kier molecular flexibility index (Phi) is 6.60. The summed E-state index contributed by atoms with van der Waals surface area (Å²) >= 11 is 0. The molecule has 0 heterocycles. The minimum atomic E-state index is -1.10. The molecule has 0 saturated heterocycles. The van der Waals surface area contributed by atoms with E-state index >= 15 is 0 Å². The van der Waals surface area contributed by atoms with Crippen molar-refractivity contribution >= 4 is 18.2 Å². The highest BCUT2D eigenvalue weighted by molar-refractivity contribution is 5.85. The average Bonchev–Trinajstić information content (AvgIpc) is 2.44. The van der Waals surface area contributed by atoms with Gasteiger partial charge in [0.2, 0.25) is 0 Å². The Morgan fingerprint density at radius 2 is 1.80 bits per heavy atom. The number of hydrogen-bond acceptors (Lipinski definition) is 6. The van der Waals surface area contributed by atoms with Crippen LogP contribution in [-0.2, 0) is 25.6 Å². The molecule has 1 aromatic carbocycles. The lowest BCUT2D eigenvalue weighted by Crippen LogP contribution is -2.32. The van der Waals surface area contributed by atoms with Crippen LogP contribution in [0, 0.1) is 0 Å². The molecule has 0 aliphatic carbocycles. The zero-order chi connectivity index (χ0) is 14.8. The van der Waals surface area contributed by atoms with Crippen LogP contribution in [0.2, 0.25) is 0 Å². The van der Waals surface area contributed by atoms with Crippen molar-refractivity contribution in [1.82, 2.24) is 5.32 Å². The van der Waals surface area contributed by atoms with Gasteiger partial charge in [-0.3, -0.25) is 0 Å². The molecule has 108 valence electrons. The molecule has 7 nitrogen and oxygen atoms in total. The fourth-order valence-corrected chi connectivity index (χ4v) is 1.19. The number of carbonyl (C=O) groups is 3. The second-order valence-corrected chi connectivity index (χ2v) is 3.57. The van der Waals surface area contributed by atoms with Gasteiger partial charge in [-0.25, -0.2) is 14.4 Å².